The first kappa shape index (κ1) is 23.5. The van der Waals surface area contributed by atoms with Crippen LogP contribution in [0.4, 0.5) is 13.2 Å². The zero-order valence-electron chi connectivity index (χ0n) is 18.1. The Morgan fingerprint density at radius 2 is 1.66 bits per heavy atom. The number of benzene rings is 2. The van der Waals surface area contributed by atoms with Crippen molar-refractivity contribution in [3.63, 3.8) is 0 Å². The molecule has 0 radical (unpaired) electrons. The van der Waals surface area contributed by atoms with Gasteiger partial charge in [-0.1, -0.05) is 23.8 Å². The van der Waals surface area contributed by atoms with Gasteiger partial charge in [0.25, 0.3) is 11.8 Å². The van der Waals surface area contributed by atoms with Gasteiger partial charge in [-0.05, 0) is 50.8 Å². The standard InChI is InChI=1S/C23H24F3N3O3/c1-15-7-8-18-19(11-15)22(32)29(21(18)31)14-20(30)28(10-9-27(2)3)13-16-5-4-6-17(12-16)23(24,25)26/h4-8,11-12H,9-10,13-14H2,1-3H3. The van der Waals surface area contributed by atoms with E-state index in [0.29, 0.717) is 12.1 Å². The zero-order chi connectivity index (χ0) is 23.6. The average Bonchev–Trinajstić information content (AvgIpc) is 2.94. The maximum absolute atomic E-state index is 13.1. The Bertz CT molecular complexity index is 1050. The number of halogens is 3. The maximum Gasteiger partial charge on any atom is 0.416 e. The van der Waals surface area contributed by atoms with Crippen molar-refractivity contribution < 1.29 is 27.6 Å². The highest BCUT2D eigenvalue weighted by atomic mass is 19.4. The molecule has 0 aliphatic carbocycles. The number of hydrogen-bond acceptors (Lipinski definition) is 4. The highest BCUT2D eigenvalue weighted by Crippen LogP contribution is 2.30. The summed E-state index contributed by atoms with van der Waals surface area (Å²) in [5.74, 6) is -1.62. The van der Waals surface area contributed by atoms with Gasteiger partial charge < -0.3 is 9.80 Å². The van der Waals surface area contributed by atoms with Crippen LogP contribution in [0, 0.1) is 6.92 Å². The topological polar surface area (TPSA) is 60.9 Å². The Kier molecular flexibility index (Phi) is 6.68. The zero-order valence-corrected chi connectivity index (χ0v) is 18.1. The minimum Gasteiger partial charge on any atom is -0.336 e. The number of hydrogen-bond donors (Lipinski definition) is 0. The fourth-order valence-corrected chi connectivity index (χ4v) is 3.46. The van der Waals surface area contributed by atoms with E-state index in [1.54, 1.807) is 39.2 Å². The quantitative estimate of drug-likeness (QED) is 0.612. The van der Waals surface area contributed by atoms with Crippen LogP contribution in [-0.2, 0) is 17.5 Å². The molecule has 0 saturated carbocycles. The number of aryl methyl sites for hydroxylation is 1. The minimum absolute atomic E-state index is 0.0706. The lowest BCUT2D eigenvalue weighted by Crippen LogP contribution is -2.44. The molecular weight excluding hydrogens is 423 g/mol. The van der Waals surface area contributed by atoms with E-state index in [-0.39, 0.29) is 24.2 Å². The van der Waals surface area contributed by atoms with Gasteiger partial charge in [-0.2, -0.15) is 13.2 Å². The van der Waals surface area contributed by atoms with Gasteiger partial charge in [-0.3, -0.25) is 19.3 Å². The van der Waals surface area contributed by atoms with E-state index in [4.69, 9.17) is 0 Å². The largest absolute Gasteiger partial charge is 0.416 e. The van der Waals surface area contributed by atoms with Crippen LogP contribution < -0.4 is 0 Å². The number of fused-ring (bicyclic) bond motifs is 1. The molecule has 0 spiro atoms. The molecule has 1 aliphatic rings. The fourth-order valence-electron chi connectivity index (χ4n) is 3.46. The van der Waals surface area contributed by atoms with Crippen molar-refractivity contribution in [1.29, 1.82) is 0 Å². The number of carbonyl (C=O) groups is 3. The second-order valence-corrected chi connectivity index (χ2v) is 8.06. The molecule has 0 unspecified atom stereocenters. The summed E-state index contributed by atoms with van der Waals surface area (Å²) in [6, 6.07) is 9.65. The molecule has 0 atom stereocenters. The summed E-state index contributed by atoms with van der Waals surface area (Å²) in [4.78, 5) is 42.5. The van der Waals surface area contributed by atoms with Gasteiger partial charge in [0, 0.05) is 19.6 Å². The lowest BCUT2D eigenvalue weighted by Gasteiger charge is -2.26. The molecule has 6 nitrogen and oxygen atoms in total. The molecule has 170 valence electrons. The molecule has 3 rings (SSSR count). The minimum atomic E-state index is -4.49. The predicted molar refractivity (Wildman–Crippen MR) is 112 cm³/mol. The summed E-state index contributed by atoms with van der Waals surface area (Å²) in [5, 5.41) is 0. The number of nitrogens with zero attached hydrogens (tertiary/aromatic N) is 3. The Hall–Kier alpha value is -3.20. The summed E-state index contributed by atoms with van der Waals surface area (Å²) in [6.07, 6.45) is -4.49. The van der Waals surface area contributed by atoms with Gasteiger partial charge in [-0.15, -0.1) is 0 Å². The number of alkyl halides is 3. The molecule has 32 heavy (non-hydrogen) atoms. The first-order valence-electron chi connectivity index (χ1n) is 10.0. The van der Waals surface area contributed by atoms with Crippen molar-refractivity contribution in [2.75, 3.05) is 33.7 Å². The Morgan fingerprint density at radius 1 is 0.969 bits per heavy atom. The SMILES string of the molecule is Cc1ccc2c(c1)C(=O)N(CC(=O)N(CCN(C)C)Cc1cccc(C(F)(F)F)c1)C2=O. The van der Waals surface area contributed by atoms with Gasteiger partial charge in [0.15, 0.2) is 0 Å². The van der Waals surface area contributed by atoms with E-state index < -0.39 is 36.0 Å². The molecule has 2 aromatic carbocycles. The number of imide groups is 1. The van der Waals surface area contributed by atoms with Crippen LogP contribution in [-0.4, -0.2) is 66.2 Å². The smallest absolute Gasteiger partial charge is 0.336 e. The Balaban J connectivity index is 1.80. The summed E-state index contributed by atoms with van der Waals surface area (Å²) < 4.78 is 39.2. The maximum atomic E-state index is 13.1. The first-order valence-corrected chi connectivity index (χ1v) is 10.0. The molecule has 0 fully saturated rings. The molecule has 0 N–H and O–H groups in total. The summed E-state index contributed by atoms with van der Waals surface area (Å²) in [5.41, 5.74) is 0.817. The number of carbonyl (C=O) groups excluding carboxylic acids is 3. The predicted octanol–water partition coefficient (Wildman–Crippen LogP) is 3.20. The monoisotopic (exact) mass is 447 g/mol. The van der Waals surface area contributed by atoms with Crippen LogP contribution in [0.5, 0.6) is 0 Å². The van der Waals surface area contributed by atoms with Crippen molar-refractivity contribution in [1.82, 2.24) is 14.7 Å². The van der Waals surface area contributed by atoms with E-state index in [0.717, 1.165) is 22.6 Å². The fraction of sp³-hybridized carbons (Fsp3) is 0.348. The van der Waals surface area contributed by atoms with Crippen LogP contribution in [0.2, 0.25) is 0 Å². The second kappa shape index (κ2) is 9.12. The highest BCUT2D eigenvalue weighted by molar-refractivity contribution is 6.22. The van der Waals surface area contributed by atoms with Gasteiger partial charge in [0.05, 0.1) is 16.7 Å². The summed E-state index contributed by atoms with van der Waals surface area (Å²) in [7, 11) is 3.61. The van der Waals surface area contributed by atoms with E-state index in [9.17, 15) is 27.6 Å². The van der Waals surface area contributed by atoms with Gasteiger partial charge in [0.2, 0.25) is 5.91 Å². The highest BCUT2D eigenvalue weighted by Gasteiger charge is 2.37. The third-order valence-electron chi connectivity index (χ3n) is 5.22. The third kappa shape index (κ3) is 5.16. The van der Waals surface area contributed by atoms with Crippen LogP contribution in [0.1, 0.15) is 37.4 Å². The molecule has 1 heterocycles. The lowest BCUT2D eigenvalue weighted by molar-refractivity contribution is -0.137. The molecule has 1 aliphatic heterocycles. The van der Waals surface area contributed by atoms with Crippen molar-refractivity contribution in [3.05, 3.63) is 70.3 Å². The molecule has 0 bridgehead atoms. The summed E-state index contributed by atoms with van der Waals surface area (Å²) >= 11 is 0. The van der Waals surface area contributed by atoms with Crippen LogP contribution in [0.25, 0.3) is 0 Å². The molecule has 0 aromatic heterocycles. The number of amides is 3. The summed E-state index contributed by atoms with van der Waals surface area (Å²) in [6.45, 7) is 1.94. The average molecular weight is 447 g/mol. The number of rotatable bonds is 7. The van der Waals surface area contributed by atoms with Crippen molar-refractivity contribution in [3.8, 4) is 0 Å². The first-order chi connectivity index (χ1) is 15.0. The molecule has 0 saturated heterocycles. The molecule has 3 amide bonds. The van der Waals surface area contributed by atoms with E-state index in [2.05, 4.69) is 0 Å². The van der Waals surface area contributed by atoms with Crippen LogP contribution >= 0.6 is 0 Å². The van der Waals surface area contributed by atoms with E-state index >= 15 is 0 Å². The molecule has 2 aromatic rings. The van der Waals surface area contributed by atoms with Gasteiger partial charge in [0.1, 0.15) is 6.54 Å². The Labute approximate surface area is 184 Å². The Morgan fingerprint density at radius 3 is 2.31 bits per heavy atom. The van der Waals surface area contributed by atoms with Crippen LogP contribution in [0.3, 0.4) is 0 Å². The number of likely N-dealkylation sites (N-methyl/N-ethyl adjacent to an activating group) is 1. The normalized spacial score (nSPS) is 13.7. The third-order valence-corrected chi connectivity index (χ3v) is 5.22. The molecular formula is C23H24F3N3O3. The van der Waals surface area contributed by atoms with E-state index in [1.165, 1.54) is 17.0 Å². The van der Waals surface area contributed by atoms with Gasteiger partial charge >= 0.3 is 6.18 Å². The van der Waals surface area contributed by atoms with Crippen LogP contribution in [0.15, 0.2) is 42.5 Å². The lowest BCUT2D eigenvalue weighted by atomic mass is 10.1. The molecule has 9 heteroatoms. The van der Waals surface area contributed by atoms with Crippen molar-refractivity contribution in [2.24, 2.45) is 0 Å². The van der Waals surface area contributed by atoms with E-state index in [1.807, 2.05) is 4.90 Å². The van der Waals surface area contributed by atoms with Gasteiger partial charge in [-0.25, -0.2) is 0 Å². The second-order valence-electron chi connectivity index (χ2n) is 8.06. The van der Waals surface area contributed by atoms with Crippen molar-refractivity contribution in [2.45, 2.75) is 19.6 Å². The van der Waals surface area contributed by atoms with Crippen molar-refractivity contribution >= 4 is 17.7 Å².